The van der Waals surface area contributed by atoms with Crippen LogP contribution in [-0.4, -0.2) is 10.8 Å². The van der Waals surface area contributed by atoms with E-state index in [-0.39, 0.29) is 16.3 Å². The summed E-state index contributed by atoms with van der Waals surface area (Å²) in [6.07, 6.45) is 0. The second kappa shape index (κ2) is 6.34. The van der Waals surface area contributed by atoms with Gasteiger partial charge in [0.25, 0.3) is 11.6 Å². The van der Waals surface area contributed by atoms with Crippen LogP contribution in [0.2, 0.25) is 5.02 Å². The summed E-state index contributed by atoms with van der Waals surface area (Å²) in [4.78, 5) is 22.3. The summed E-state index contributed by atoms with van der Waals surface area (Å²) in [7, 11) is 0. The van der Waals surface area contributed by atoms with E-state index in [9.17, 15) is 14.9 Å². The molecule has 0 unspecified atom stereocenters. The molecule has 108 valence electrons. The number of nitro groups is 1. The van der Waals surface area contributed by atoms with Crippen molar-refractivity contribution < 1.29 is 9.72 Å². The molecule has 0 heterocycles. The Hall–Kier alpha value is -2.44. The molecule has 7 heteroatoms. The van der Waals surface area contributed by atoms with Gasteiger partial charge >= 0.3 is 0 Å². The second-order valence-corrected chi connectivity index (χ2v) is 4.75. The minimum absolute atomic E-state index is 0.118. The highest BCUT2D eigenvalue weighted by Crippen LogP contribution is 2.22. The van der Waals surface area contributed by atoms with Gasteiger partial charge in [-0.1, -0.05) is 23.7 Å². The highest BCUT2D eigenvalue weighted by atomic mass is 35.5. The molecule has 0 bridgehead atoms. The van der Waals surface area contributed by atoms with Crippen LogP contribution in [0.4, 0.5) is 11.4 Å². The number of nitrogens with zero attached hydrogens (tertiary/aromatic N) is 1. The summed E-state index contributed by atoms with van der Waals surface area (Å²) in [5.41, 5.74) is 6.84. The van der Waals surface area contributed by atoms with Gasteiger partial charge in [-0.25, -0.2) is 0 Å². The van der Waals surface area contributed by atoms with Gasteiger partial charge in [0, 0.05) is 35.0 Å². The number of carbonyl (C=O) groups excluding carboxylic acids is 1. The number of nitrogens with two attached hydrogens (primary N) is 1. The molecule has 0 atom stereocenters. The monoisotopic (exact) mass is 305 g/mol. The Balaban J connectivity index is 2.25. The molecule has 2 aromatic rings. The van der Waals surface area contributed by atoms with E-state index in [1.807, 2.05) is 6.07 Å². The topological polar surface area (TPSA) is 98.3 Å². The lowest BCUT2D eigenvalue weighted by Crippen LogP contribution is -2.12. The number of carbonyl (C=O) groups is 1. The van der Waals surface area contributed by atoms with Gasteiger partial charge in [0.1, 0.15) is 0 Å². The summed E-state index contributed by atoms with van der Waals surface area (Å²) < 4.78 is 0. The van der Waals surface area contributed by atoms with E-state index < -0.39 is 10.8 Å². The number of amides is 1. The van der Waals surface area contributed by atoms with Crippen molar-refractivity contribution in [1.29, 1.82) is 0 Å². The van der Waals surface area contributed by atoms with Gasteiger partial charge in [-0.2, -0.15) is 0 Å². The first-order valence-electron chi connectivity index (χ1n) is 6.05. The zero-order valence-electron chi connectivity index (χ0n) is 10.9. The largest absolute Gasteiger partial charge is 0.326 e. The highest BCUT2D eigenvalue weighted by Gasteiger charge is 2.14. The van der Waals surface area contributed by atoms with E-state index in [2.05, 4.69) is 5.32 Å². The minimum atomic E-state index is -0.599. The molecule has 2 rings (SSSR count). The molecule has 0 fully saturated rings. The van der Waals surface area contributed by atoms with E-state index in [1.165, 1.54) is 18.2 Å². The molecule has 0 saturated carbocycles. The van der Waals surface area contributed by atoms with Crippen LogP contribution in [0.25, 0.3) is 0 Å². The number of halogens is 1. The summed E-state index contributed by atoms with van der Waals surface area (Å²) in [6, 6.07) is 10.8. The third-order valence-electron chi connectivity index (χ3n) is 2.78. The lowest BCUT2D eigenvalue weighted by atomic mass is 10.1. The number of anilines is 1. The normalized spacial score (nSPS) is 10.2. The number of nitrogens with one attached hydrogen (secondary N) is 1. The van der Waals surface area contributed by atoms with E-state index in [1.54, 1.807) is 18.2 Å². The van der Waals surface area contributed by atoms with Crippen LogP contribution in [0.1, 0.15) is 15.9 Å². The van der Waals surface area contributed by atoms with Crippen molar-refractivity contribution >= 4 is 28.9 Å². The van der Waals surface area contributed by atoms with Crippen LogP contribution >= 0.6 is 11.6 Å². The maximum Gasteiger partial charge on any atom is 0.271 e. The molecule has 0 saturated heterocycles. The first kappa shape index (κ1) is 15.0. The number of non-ortho nitro benzene ring substituents is 1. The zero-order chi connectivity index (χ0) is 15.4. The van der Waals surface area contributed by atoms with E-state index in [0.717, 1.165) is 5.56 Å². The van der Waals surface area contributed by atoms with Crippen molar-refractivity contribution in [1.82, 2.24) is 0 Å². The van der Waals surface area contributed by atoms with Gasteiger partial charge < -0.3 is 11.1 Å². The van der Waals surface area contributed by atoms with E-state index in [4.69, 9.17) is 17.3 Å². The molecule has 0 aliphatic carbocycles. The molecule has 0 radical (unpaired) electrons. The fourth-order valence-electron chi connectivity index (χ4n) is 1.79. The second-order valence-electron chi connectivity index (χ2n) is 4.31. The fourth-order valence-corrected chi connectivity index (χ4v) is 2.02. The average molecular weight is 306 g/mol. The first-order chi connectivity index (χ1) is 9.99. The number of hydrogen-bond acceptors (Lipinski definition) is 4. The third kappa shape index (κ3) is 3.77. The van der Waals surface area contributed by atoms with Crippen molar-refractivity contribution in [3.05, 3.63) is 68.7 Å². The molecular formula is C14H12ClN3O3. The van der Waals surface area contributed by atoms with Gasteiger partial charge in [-0.15, -0.1) is 0 Å². The van der Waals surface area contributed by atoms with Gasteiger partial charge in [-0.3, -0.25) is 14.9 Å². The smallest absolute Gasteiger partial charge is 0.271 e. The zero-order valence-corrected chi connectivity index (χ0v) is 11.6. The summed E-state index contributed by atoms with van der Waals surface area (Å²) >= 11 is 5.79. The van der Waals surface area contributed by atoms with Gasteiger partial charge in [-0.05, 0) is 23.8 Å². The van der Waals surface area contributed by atoms with Gasteiger partial charge in [0.15, 0.2) is 0 Å². The molecule has 1 amide bonds. The lowest BCUT2D eigenvalue weighted by Gasteiger charge is -2.07. The number of nitro benzene ring substituents is 1. The van der Waals surface area contributed by atoms with Crippen LogP contribution in [-0.2, 0) is 6.54 Å². The Morgan fingerprint density at radius 2 is 2.05 bits per heavy atom. The van der Waals surface area contributed by atoms with Crippen LogP contribution in [0, 0.1) is 10.1 Å². The SMILES string of the molecule is NCc1cccc(NC(=O)c2cc(Cl)cc([N+](=O)[O-])c2)c1. The van der Waals surface area contributed by atoms with Crippen molar-refractivity contribution in [2.75, 3.05) is 5.32 Å². The summed E-state index contributed by atoms with van der Waals surface area (Å²) in [6.45, 7) is 0.354. The molecular weight excluding hydrogens is 294 g/mol. The number of hydrogen-bond donors (Lipinski definition) is 2. The van der Waals surface area contributed by atoms with Crippen molar-refractivity contribution in [2.24, 2.45) is 5.73 Å². The number of benzene rings is 2. The highest BCUT2D eigenvalue weighted by molar-refractivity contribution is 6.31. The van der Waals surface area contributed by atoms with Crippen molar-refractivity contribution in [3.63, 3.8) is 0 Å². The van der Waals surface area contributed by atoms with Crippen LogP contribution < -0.4 is 11.1 Å². The van der Waals surface area contributed by atoms with Gasteiger partial charge in [0.05, 0.1) is 4.92 Å². The first-order valence-corrected chi connectivity index (χ1v) is 6.43. The molecule has 0 aliphatic rings. The third-order valence-corrected chi connectivity index (χ3v) is 2.99. The molecule has 0 aliphatic heterocycles. The van der Waals surface area contributed by atoms with Crippen molar-refractivity contribution in [3.8, 4) is 0 Å². The minimum Gasteiger partial charge on any atom is -0.326 e. The molecule has 21 heavy (non-hydrogen) atoms. The quantitative estimate of drug-likeness (QED) is 0.670. The van der Waals surface area contributed by atoms with E-state index in [0.29, 0.717) is 12.2 Å². The molecule has 2 aromatic carbocycles. The molecule has 6 nitrogen and oxygen atoms in total. The van der Waals surface area contributed by atoms with E-state index >= 15 is 0 Å². The Labute approximate surface area is 125 Å². The maximum absolute atomic E-state index is 12.1. The Bertz CT molecular complexity index is 704. The Kier molecular flexibility index (Phi) is 4.52. The van der Waals surface area contributed by atoms with Crippen LogP contribution in [0.3, 0.4) is 0 Å². The maximum atomic E-state index is 12.1. The average Bonchev–Trinajstić information content (AvgIpc) is 2.46. The van der Waals surface area contributed by atoms with Gasteiger partial charge in [0.2, 0.25) is 0 Å². The standard InChI is InChI=1S/C14H12ClN3O3/c15-11-5-10(6-13(7-11)18(20)21)14(19)17-12-3-1-2-9(4-12)8-16/h1-7H,8,16H2,(H,17,19). The summed E-state index contributed by atoms with van der Waals surface area (Å²) in [5, 5.41) is 13.6. The van der Waals surface area contributed by atoms with Crippen LogP contribution in [0.15, 0.2) is 42.5 Å². The molecule has 0 aromatic heterocycles. The number of rotatable bonds is 4. The predicted octanol–water partition coefficient (Wildman–Crippen LogP) is 2.96. The van der Waals surface area contributed by atoms with Crippen molar-refractivity contribution in [2.45, 2.75) is 6.54 Å². The Morgan fingerprint density at radius 1 is 1.29 bits per heavy atom. The Morgan fingerprint density at radius 3 is 2.71 bits per heavy atom. The lowest BCUT2D eigenvalue weighted by molar-refractivity contribution is -0.384. The summed E-state index contributed by atoms with van der Waals surface area (Å²) in [5.74, 6) is -0.477. The molecule has 0 spiro atoms. The molecule has 3 N–H and O–H groups in total. The van der Waals surface area contributed by atoms with Crippen LogP contribution in [0.5, 0.6) is 0 Å². The predicted molar refractivity (Wildman–Crippen MR) is 80.4 cm³/mol. The fraction of sp³-hybridized carbons (Fsp3) is 0.0714.